The number of nitrogens with one attached hydrogen (secondary N) is 1. The van der Waals surface area contributed by atoms with Crippen LogP contribution in [-0.4, -0.2) is 22.3 Å². The number of aromatic hydroxyl groups is 2. The zero-order chi connectivity index (χ0) is 15.2. The first-order chi connectivity index (χ1) is 10.0. The molecule has 0 saturated carbocycles. The molecule has 2 rings (SSSR count). The summed E-state index contributed by atoms with van der Waals surface area (Å²) in [6.07, 6.45) is 2.09. The van der Waals surface area contributed by atoms with Crippen LogP contribution in [0.15, 0.2) is 39.9 Å². The second-order valence-corrected chi connectivity index (χ2v) is 4.56. The van der Waals surface area contributed by atoms with Gasteiger partial charge in [0.2, 0.25) is 5.91 Å². The molecule has 21 heavy (non-hydrogen) atoms. The lowest BCUT2D eigenvalue weighted by Gasteiger charge is -2.03. The van der Waals surface area contributed by atoms with E-state index in [9.17, 15) is 15.0 Å². The molecule has 3 N–H and O–H groups in total. The number of rotatable bonds is 5. The molecule has 0 fully saturated rings. The third kappa shape index (κ3) is 4.38. The number of nitrogens with zero attached hydrogens (tertiary/aromatic N) is 1. The Bertz CT molecular complexity index is 661. The van der Waals surface area contributed by atoms with Crippen molar-refractivity contribution in [3.8, 4) is 11.5 Å². The summed E-state index contributed by atoms with van der Waals surface area (Å²) in [4.78, 5) is 11.6. The molecule has 110 valence electrons. The molecule has 1 aromatic carbocycles. The van der Waals surface area contributed by atoms with Crippen LogP contribution in [0, 0.1) is 6.92 Å². The summed E-state index contributed by atoms with van der Waals surface area (Å²) in [6.45, 7) is 1.82. The van der Waals surface area contributed by atoms with E-state index in [1.807, 2.05) is 6.92 Å². The molecule has 0 aliphatic heterocycles. The third-order valence-corrected chi connectivity index (χ3v) is 2.82. The fourth-order valence-electron chi connectivity index (χ4n) is 1.73. The minimum Gasteiger partial charge on any atom is -0.504 e. The Morgan fingerprint density at radius 2 is 2.10 bits per heavy atom. The zero-order valence-electron chi connectivity index (χ0n) is 11.5. The first-order valence-corrected chi connectivity index (χ1v) is 6.44. The van der Waals surface area contributed by atoms with Gasteiger partial charge in [-0.1, -0.05) is 6.07 Å². The predicted molar refractivity (Wildman–Crippen MR) is 77.3 cm³/mol. The van der Waals surface area contributed by atoms with Crippen molar-refractivity contribution in [2.45, 2.75) is 19.8 Å². The van der Waals surface area contributed by atoms with E-state index in [1.54, 1.807) is 18.2 Å². The van der Waals surface area contributed by atoms with Gasteiger partial charge in [0.1, 0.15) is 11.5 Å². The van der Waals surface area contributed by atoms with Crippen LogP contribution in [0.3, 0.4) is 0 Å². The fraction of sp³-hybridized carbons (Fsp3) is 0.200. The van der Waals surface area contributed by atoms with Crippen molar-refractivity contribution in [3.63, 3.8) is 0 Å². The monoisotopic (exact) mass is 288 g/mol. The number of aryl methyl sites for hydroxylation is 2. The van der Waals surface area contributed by atoms with E-state index >= 15 is 0 Å². The van der Waals surface area contributed by atoms with Crippen LogP contribution in [0.2, 0.25) is 0 Å². The van der Waals surface area contributed by atoms with Gasteiger partial charge in [0.05, 0.1) is 6.21 Å². The maximum Gasteiger partial charge on any atom is 0.240 e. The van der Waals surface area contributed by atoms with Gasteiger partial charge in [0.15, 0.2) is 11.5 Å². The van der Waals surface area contributed by atoms with Crippen molar-refractivity contribution in [1.82, 2.24) is 5.43 Å². The topological polar surface area (TPSA) is 95.1 Å². The van der Waals surface area contributed by atoms with Crippen LogP contribution >= 0.6 is 0 Å². The van der Waals surface area contributed by atoms with Gasteiger partial charge >= 0.3 is 0 Å². The van der Waals surface area contributed by atoms with Gasteiger partial charge in [-0.15, -0.1) is 0 Å². The number of phenols is 2. The molecule has 6 nitrogen and oxygen atoms in total. The second kappa shape index (κ2) is 6.60. The molecular formula is C15H16N2O4. The summed E-state index contributed by atoms with van der Waals surface area (Å²) >= 11 is 0. The highest BCUT2D eigenvalue weighted by molar-refractivity contribution is 5.80. The first-order valence-electron chi connectivity index (χ1n) is 6.44. The molecule has 6 heteroatoms. The summed E-state index contributed by atoms with van der Waals surface area (Å²) < 4.78 is 5.27. The Labute approximate surface area is 121 Å². The summed E-state index contributed by atoms with van der Waals surface area (Å²) in [7, 11) is 0. The SMILES string of the molecule is Cc1ccc(/C=N\NC(=O)CCc2ccc(O)c(O)c2)o1. The van der Waals surface area contributed by atoms with Crippen LogP contribution in [-0.2, 0) is 11.2 Å². The predicted octanol–water partition coefficient (Wildman–Crippen LogP) is 2.08. The highest BCUT2D eigenvalue weighted by atomic mass is 16.3. The number of hydrogen-bond acceptors (Lipinski definition) is 5. The number of carbonyl (C=O) groups is 1. The summed E-state index contributed by atoms with van der Waals surface area (Å²) in [5, 5.41) is 22.3. The Morgan fingerprint density at radius 3 is 2.76 bits per heavy atom. The molecule has 0 atom stereocenters. The average molecular weight is 288 g/mol. The van der Waals surface area contributed by atoms with E-state index in [-0.39, 0.29) is 23.8 Å². The van der Waals surface area contributed by atoms with Gasteiger partial charge in [0, 0.05) is 6.42 Å². The van der Waals surface area contributed by atoms with Crippen molar-refractivity contribution in [3.05, 3.63) is 47.4 Å². The van der Waals surface area contributed by atoms with Crippen LogP contribution < -0.4 is 5.43 Å². The number of hydrazone groups is 1. The number of phenolic OH excluding ortho intramolecular Hbond substituents is 2. The first kappa shape index (κ1) is 14.6. The van der Waals surface area contributed by atoms with E-state index < -0.39 is 0 Å². The molecule has 0 saturated heterocycles. The minimum absolute atomic E-state index is 0.179. The number of hydrogen-bond donors (Lipinski definition) is 3. The van der Waals surface area contributed by atoms with Gasteiger partial charge in [0.25, 0.3) is 0 Å². The molecular weight excluding hydrogens is 272 g/mol. The lowest BCUT2D eigenvalue weighted by molar-refractivity contribution is -0.121. The smallest absolute Gasteiger partial charge is 0.240 e. The molecule has 2 aromatic rings. The summed E-state index contributed by atoms with van der Waals surface area (Å²) in [5.74, 6) is 0.717. The summed E-state index contributed by atoms with van der Waals surface area (Å²) in [5.41, 5.74) is 3.15. The van der Waals surface area contributed by atoms with Crippen LogP contribution in [0.1, 0.15) is 23.5 Å². The Hall–Kier alpha value is -2.76. The molecule has 0 aliphatic carbocycles. The Morgan fingerprint density at radius 1 is 1.29 bits per heavy atom. The molecule has 0 spiro atoms. The summed E-state index contributed by atoms with van der Waals surface area (Å²) in [6, 6.07) is 8.03. The number of carbonyl (C=O) groups excluding carboxylic acids is 1. The molecule has 0 bridgehead atoms. The van der Waals surface area contributed by atoms with E-state index in [1.165, 1.54) is 18.3 Å². The van der Waals surface area contributed by atoms with Crippen LogP contribution in [0.4, 0.5) is 0 Å². The van der Waals surface area contributed by atoms with Crippen molar-refractivity contribution in [2.75, 3.05) is 0 Å². The van der Waals surface area contributed by atoms with Crippen molar-refractivity contribution in [2.24, 2.45) is 5.10 Å². The van der Waals surface area contributed by atoms with Gasteiger partial charge in [-0.05, 0) is 43.2 Å². The lowest BCUT2D eigenvalue weighted by atomic mass is 10.1. The second-order valence-electron chi connectivity index (χ2n) is 4.56. The van der Waals surface area contributed by atoms with Crippen molar-refractivity contribution in [1.29, 1.82) is 0 Å². The maximum absolute atomic E-state index is 11.6. The molecule has 1 amide bonds. The van der Waals surface area contributed by atoms with E-state index in [2.05, 4.69) is 10.5 Å². The van der Waals surface area contributed by atoms with E-state index in [4.69, 9.17) is 4.42 Å². The highest BCUT2D eigenvalue weighted by Gasteiger charge is 2.04. The molecule has 0 aliphatic rings. The van der Waals surface area contributed by atoms with Crippen LogP contribution in [0.5, 0.6) is 11.5 Å². The van der Waals surface area contributed by atoms with E-state index in [0.29, 0.717) is 12.2 Å². The molecule has 1 aromatic heterocycles. The third-order valence-electron chi connectivity index (χ3n) is 2.82. The van der Waals surface area contributed by atoms with Crippen LogP contribution in [0.25, 0.3) is 0 Å². The number of amides is 1. The van der Waals surface area contributed by atoms with E-state index in [0.717, 1.165) is 11.3 Å². The van der Waals surface area contributed by atoms with Gasteiger partial charge in [-0.25, -0.2) is 5.43 Å². The zero-order valence-corrected chi connectivity index (χ0v) is 11.5. The van der Waals surface area contributed by atoms with Crippen molar-refractivity contribution < 1.29 is 19.4 Å². The standard InChI is InChI=1S/C15H16N2O4/c1-10-2-5-12(21-10)9-16-17-15(20)7-4-11-3-6-13(18)14(19)8-11/h2-3,5-6,8-9,18-19H,4,7H2,1H3,(H,17,20)/b16-9-. The van der Waals surface area contributed by atoms with Crippen molar-refractivity contribution >= 4 is 12.1 Å². The maximum atomic E-state index is 11.6. The highest BCUT2D eigenvalue weighted by Crippen LogP contribution is 2.25. The normalized spacial score (nSPS) is 10.9. The number of benzene rings is 1. The lowest BCUT2D eigenvalue weighted by Crippen LogP contribution is -2.17. The largest absolute Gasteiger partial charge is 0.504 e. The average Bonchev–Trinajstić information content (AvgIpc) is 2.86. The van der Waals surface area contributed by atoms with Gasteiger partial charge < -0.3 is 14.6 Å². The molecule has 0 unspecified atom stereocenters. The number of furan rings is 1. The van der Waals surface area contributed by atoms with Gasteiger partial charge in [-0.2, -0.15) is 5.10 Å². The van der Waals surface area contributed by atoms with Gasteiger partial charge in [-0.3, -0.25) is 4.79 Å². The molecule has 1 heterocycles. The Kier molecular flexibility index (Phi) is 4.61. The quantitative estimate of drug-likeness (QED) is 0.446. The minimum atomic E-state index is -0.248. The molecule has 0 radical (unpaired) electrons. The fourth-order valence-corrected chi connectivity index (χ4v) is 1.73. The Balaban J connectivity index is 1.79.